The van der Waals surface area contributed by atoms with Gasteiger partial charge in [-0.05, 0) is 31.2 Å². The first-order valence-electron chi connectivity index (χ1n) is 9.04. The van der Waals surface area contributed by atoms with Crippen molar-refractivity contribution in [1.82, 2.24) is 30.0 Å². The Labute approximate surface area is 173 Å². The third-order valence-electron chi connectivity index (χ3n) is 4.48. The second-order valence-electron chi connectivity index (χ2n) is 6.51. The molecular weight excluding hydrogens is 413 g/mol. The lowest BCUT2D eigenvalue weighted by Gasteiger charge is -2.21. The molecule has 0 bridgehead atoms. The van der Waals surface area contributed by atoms with Gasteiger partial charge in [-0.1, -0.05) is 6.07 Å². The molecule has 4 aromatic heterocycles. The number of pyridine rings is 1. The average molecular weight is 428 g/mol. The summed E-state index contributed by atoms with van der Waals surface area (Å²) in [5.41, 5.74) is 0.554. The van der Waals surface area contributed by atoms with Crippen molar-refractivity contribution in [3.05, 3.63) is 78.2 Å². The van der Waals surface area contributed by atoms with Crippen LogP contribution < -0.4 is 5.32 Å². The van der Waals surface area contributed by atoms with Gasteiger partial charge in [0, 0.05) is 24.2 Å². The third kappa shape index (κ3) is 4.15. The number of nitrogens with zero attached hydrogens (tertiary/aromatic N) is 5. The highest BCUT2D eigenvalue weighted by Crippen LogP contribution is 2.32. The number of amides is 1. The van der Waals surface area contributed by atoms with Crippen LogP contribution in [0.3, 0.4) is 0 Å². The Kier molecular flexibility index (Phi) is 5.24. The number of rotatable bonds is 5. The minimum absolute atomic E-state index is 0.0369. The SMILES string of the molecule is Cc1c(C(=O)N[C@@H](c2cccnc2)C(F)(F)F)cnn1-c1nccc(-c2ccco2)n1. The van der Waals surface area contributed by atoms with E-state index < -0.39 is 18.1 Å². The zero-order valence-corrected chi connectivity index (χ0v) is 16.0. The fourth-order valence-electron chi connectivity index (χ4n) is 2.96. The molecule has 1 atom stereocenters. The van der Waals surface area contributed by atoms with E-state index in [0.717, 1.165) is 6.20 Å². The molecule has 31 heavy (non-hydrogen) atoms. The minimum atomic E-state index is -4.71. The number of carbonyl (C=O) groups excluding carboxylic acids is 1. The van der Waals surface area contributed by atoms with Crippen molar-refractivity contribution in [2.24, 2.45) is 0 Å². The van der Waals surface area contributed by atoms with Crippen molar-refractivity contribution < 1.29 is 22.4 Å². The molecule has 11 heteroatoms. The Balaban J connectivity index is 1.62. The molecule has 158 valence electrons. The van der Waals surface area contributed by atoms with Crippen LogP contribution in [0.5, 0.6) is 0 Å². The Morgan fingerprint density at radius 3 is 2.68 bits per heavy atom. The molecule has 0 aromatic carbocycles. The third-order valence-corrected chi connectivity index (χ3v) is 4.48. The number of halogens is 3. The second-order valence-corrected chi connectivity index (χ2v) is 6.51. The summed E-state index contributed by atoms with van der Waals surface area (Å²) in [4.78, 5) is 24.8. The predicted octanol–water partition coefficient (Wildman–Crippen LogP) is 3.66. The van der Waals surface area contributed by atoms with E-state index in [4.69, 9.17) is 4.42 Å². The second kappa shape index (κ2) is 8.01. The molecule has 0 aliphatic heterocycles. The molecular formula is C20H15F3N6O2. The van der Waals surface area contributed by atoms with Crippen LogP contribution in [0.1, 0.15) is 27.7 Å². The summed E-state index contributed by atoms with van der Waals surface area (Å²) in [6, 6.07) is 5.46. The molecule has 1 N–H and O–H groups in total. The molecule has 8 nitrogen and oxygen atoms in total. The number of alkyl halides is 3. The van der Waals surface area contributed by atoms with E-state index in [-0.39, 0.29) is 22.8 Å². The molecule has 4 heterocycles. The molecule has 4 rings (SSSR count). The van der Waals surface area contributed by atoms with Crippen molar-refractivity contribution in [1.29, 1.82) is 0 Å². The van der Waals surface area contributed by atoms with Crippen molar-refractivity contribution in [3.8, 4) is 17.4 Å². The molecule has 0 aliphatic rings. The van der Waals surface area contributed by atoms with Crippen LogP contribution in [0.15, 0.2) is 65.8 Å². The van der Waals surface area contributed by atoms with Gasteiger partial charge >= 0.3 is 6.18 Å². The van der Waals surface area contributed by atoms with E-state index in [1.54, 1.807) is 18.2 Å². The molecule has 4 aromatic rings. The summed E-state index contributed by atoms with van der Waals surface area (Å²) in [6.07, 6.45) is 1.86. The molecule has 0 spiro atoms. The van der Waals surface area contributed by atoms with Crippen LogP contribution in [-0.4, -0.2) is 36.8 Å². The monoisotopic (exact) mass is 428 g/mol. The van der Waals surface area contributed by atoms with Gasteiger partial charge in [-0.3, -0.25) is 9.78 Å². The number of nitrogens with one attached hydrogen (secondary N) is 1. The first kappa shape index (κ1) is 20.3. The first-order valence-corrected chi connectivity index (χ1v) is 9.04. The van der Waals surface area contributed by atoms with Crippen molar-refractivity contribution >= 4 is 5.91 Å². The molecule has 0 radical (unpaired) electrons. The predicted molar refractivity (Wildman–Crippen MR) is 102 cm³/mol. The molecule has 0 unspecified atom stereocenters. The average Bonchev–Trinajstić information content (AvgIpc) is 3.42. The van der Waals surface area contributed by atoms with E-state index in [2.05, 4.69) is 20.1 Å². The maximum atomic E-state index is 13.5. The molecule has 0 aliphatic carbocycles. The van der Waals surface area contributed by atoms with Gasteiger partial charge in [0.2, 0.25) is 0 Å². The van der Waals surface area contributed by atoms with Gasteiger partial charge in [-0.25, -0.2) is 14.6 Å². The smallest absolute Gasteiger partial charge is 0.412 e. The van der Waals surface area contributed by atoms with E-state index in [1.807, 2.05) is 5.32 Å². The Hall–Kier alpha value is -4.02. The van der Waals surface area contributed by atoms with Crippen LogP contribution in [0.2, 0.25) is 0 Å². The lowest BCUT2D eigenvalue weighted by molar-refractivity contribution is -0.155. The standard InChI is InChI=1S/C20H15F3N6O2/c1-12-14(18(30)28-17(20(21,22)23)13-4-2-7-24-10-13)11-26-29(12)19-25-8-6-15(27-19)16-5-3-9-31-16/h2-11,17H,1H3,(H,28,30)/t17-/m0/s1. The van der Waals surface area contributed by atoms with Gasteiger partial charge in [0.25, 0.3) is 11.9 Å². The van der Waals surface area contributed by atoms with Crippen molar-refractivity contribution in [2.75, 3.05) is 0 Å². The molecule has 1 amide bonds. The van der Waals surface area contributed by atoms with Crippen LogP contribution in [-0.2, 0) is 0 Å². The zero-order chi connectivity index (χ0) is 22.0. The van der Waals surface area contributed by atoms with Gasteiger partial charge in [0.05, 0.1) is 23.7 Å². The Morgan fingerprint density at radius 1 is 1.16 bits per heavy atom. The number of furan rings is 1. The lowest BCUT2D eigenvalue weighted by Crippen LogP contribution is -2.38. The van der Waals surface area contributed by atoms with Crippen LogP contribution in [0.4, 0.5) is 13.2 Å². The maximum Gasteiger partial charge on any atom is 0.412 e. The number of hydrogen-bond donors (Lipinski definition) is 1. The highest BCUT2D eigenvalue weighted by molar-refractivity contribution is 5.95. The van der Waals surface area contributed by atoms with Gasteiger partial charge < -0.3 is 9.73 Å². The maximum absolute atomic E-state index is 13.5. The minimum Gasteiger partial charge on any atom is -0.463 e. The van der Waals surface area contributed by atoms with Crippen LogP contribution >= 0.6 is 0 Å². The first-order chi connectivity index (χ1) is 14.8. The Bertz CT molecular complexity index is 1190. The summed E-state index contributed by atoms with van der Waals surface area (Å²) in [7, 11) is 0. The molecule has 0 saturated carbocycles. The van der Waals surface area contributed by atoms with Crippen LogP contribution in [0, 0.1) is 6.92 Å². The van der Waals surface area contributed by atoms with E-state index in [9.17, 15) is 18.0 Å². The highest BCUT2D eigenvalue weighted by Gasteiger charge is 2.42. The van der Waals surface area contributed by atoms with Gasteiger partial charge in [0.15, 0.2) is 11.8 Å². The summed E-state index contributed by atoms with van der Waals surface area (Å²) < 4.78 is 47.2. The number of hydrogen-bond acceptors (Lipinski definition) is 6. The number of aromatic nitrogens is 5. The van der Waals surface area contributed by atoms with Crippen LogP contribution in [0.25, 0.3) is 17.4 Å². The fraction of sp³-hybridized carbons (Fsp3) is 0.150. The van der Waals surface area contributed by atoms with Gasteiger partial charge in [-0.2, -0.15) is 18.3 Å². The van der Waals surface area contributed by atoms with E-state index in [0.29, 0.717) is 11.5 Å². The van der Waals surface area contributed by atoms with Crippen molar-refractivity contribution in [3.63, 3.8) is 0 Å². The fourth-order valence-corrected chi connectivity index (χ4v) is 2.96. The molecule has 0 fully saturated rings. The van der Waals surface area contributed by atoms with Gasteiger partial charge in [0.1, 0.15) is 5.69 Å². The summed E-state index contributed by atoms with van der Waals surface area (Å²) >= 11 is 0. The van der Waals surface area contributed by atoms with E-state index >= 15 is 0 Å². The summed E-state index contributed by atoms with van der Waals surface area (Å²) in [6.45, 7) is 1.54. The zero-order valence-electron chi connectivity index (χ0n) is 16.0. The normalized spacial score (nSPS) is 12.5. The van der Waals surface area contributed by atoms with Gasteiger partial charge in [-0.15, -0.1) is 0 Å². The lowest BCUT2D eigenvalue weighted by atomic mass is 10.1. The highest BCUT2D eigenvalue weighted by atomic mass is 19.4. The molecule has 0 saturated heterocycles. The number of carbonyl (C=O) groups is 1. The Morgan fingerprint density at radius 2 is 2.00 bits per heavy atom. The topological polar surface area (TPSA) is 98.7 Å². The summed E-state index contributed by atoms with van der Waals surface area (Å²) in [5, 5.41) is 6.09. The quantitative estimate of drug-likeness (QED) is 0.521. The largest absolute Gasteiger partial charge is 0.463 e. The van der Waals surface area contributed by atoms with Crippen molar-refractivity contribution in [2.45, 2.75) is 19.1 Å². The summed E-state index contributed by atoms with van der Waals surface area (Å²) in [5.74, 6) is -0.280. The van der Waals surface area contributed by atoms with E-state index in [1.165, 1.54) is 48.6 Å².